The van der Waals surface area contributed by atoms with Gasteiger partial charge in [0.2, 0.25) is 0 Å². The van der Waals surface area contributed by atoms with Crippen molar-refractivity contribution in [1.29, 1.82) is 0 Å². The van der Waals surface area contributed by atoms with Crippen LogP contribution in [0.2, 0.25) is 0 Å². The second-order valence-corrected chi connectivity index (χ2v) is 5.90. The number of rotatable bonds is 1. The molecule has 1 aliphatic carbocycles. The minimum absolute atomic E-state index is 0.270. The minimum atomic E-state index is -4.16. The lowest BCUT2D eigenvalue weighted by molar-refractivity contribution is -0.121. The zero-order valence-electron chi connectivity index (χ0n) is 9.65. The number of halogens is 3. The first-order chi connectivity index (χ1) is 7.99. The molecule has 0 aromatic heterocycles. The van der Waals surface area contributed by atoms with Gasteiger partial charge in [-0.2, -0.15) is 13.2 Å². The van der Waals surface area contributed by atoms with Crippen LogP contribution in [0.3, 0.4) is 0 Å². The Hall–Kier alpha value is -0.390. The highest BCUT2D eigenvalue weighted by atomic mass is 32.2. The maximum Gasteiger partial charge on any atom is 0.405 e. The maximum absolute atomic E-state index is 12.0. The zero-order valence-corrected chi connectivity index (χ0v) is 10.5. The van der Waals surface area contributed by atoms with Crippen molar-refractivity contribution in [2.45, 2.75) is 38.3 Å². The van der Waals surface area contributed by atoms with Crippen LogP contribution in [0.5, 0.6) is 0 Å². The van der Waals surface area contributed by atoms with Crippen molar-refractivity contribution in [3.8, 4) is 0 Å². The second-order valence-electron chi connectivity index (χ2n) is 4.94. The monoisotopic (exact) mass is 266 g/mol. The molecule has 6 heteroatoms. The molecule has 1 saturated carbocycles. The molecule has 1 heterocycles. The van der Waals surface area contributed by atoms with Crippen LogP contribution in [-0.2, 0) is 0 Å². The van der Waals surface area contributed by atoms with Gasteiger partial charge in [0.25, 0.3) is 0 Å². The van der Waals surface area contributed by atoms with Crippen molar-refractivity contribution in [3.05, 3.63) is 0 Å². The number of nitrogens with one attached hydrogen (secondary N) is 1. The lowest BCUT2D eigenvalue weighted by atomic mass is 9.75. The Bertz CT molecular complexity index is 296. The Morgan fingerprint density at radius 1 is 1.24 bits per heavy atom. The molecule has 0 bridgehead atoms. The fourth-order valence-corrected chi connectivity index (χ4v) is 3.59. The van der Waals surface area contributed by atoms with Crippen LogP contribution in [0.25, 0.3) is 0 Å². The molecule has 0 unspecified atom stereocenters. The van der Waals surface area contributed by atoms with Crippen LogP contribution in [0.15, 0.2) is 4.99 Å². The molecule has 0 aromatic carbocycles. The third kappa shape index (κ3) is 3.79. The summed E-state index contributed by atoms with van der Waals surface area (Å²) in [6, 6.07) is 0. The van der Waals surface area contributed by atoms with Gasteiger partial charge >= 0.3 is 6.18 Å². The summed E-state index contributed by atoms with van der Waals surface area (Å²) in [5.41, 5.74) is 0.270. The number of alkyl halides is 3. The van der Waals surface area contributed by atoms with Gasteiger partial charge in [0, 0.05) is 12.3 Å². The molecule has 2 rings (SSSR count). The first-order valence-corrected chi connectivity index (χ1v) is 6.96. The largest absolute Gasteiger partial charge is 0.405 e. The average molecular weight is 266 g/mol. The number of hydrogen-bond acceptors (Lipinski definition) is 3. The van der Waals surface area contributed by atoms with Gasteiger partial charge in [0.05, 0.1) is 0 Å². The Kier molecular flexibility index (Phi) is 3.90. The summed E-state index contributed by atoms with van der Waals surface area (Å²) in [5, 5.41) is 2.83. The minimum Gasteiger partial charge on any atom is -0.356 e. The van der Waals surface area contributed by atoms with E-state index in [0.717, 1.165) is 5.75 Å². The van der Waals surface area contributed by atoms with Gasteiger partial charge in [-0.05, 0) is 18.3 Å². The number of aliphatic imine (C=N–C) groups is 1. The van der Waals surface area contributed by atoms with E-state index in [1.54, 1.807) is 0 Å². The van der Waals surface area contributed by atoms with Crippen LogP contribution in [0.1, 0.15) is 32.1 Å². The highest BCUT2D eigenvalue weighted by molar-refractivity contribution is 8.13. The SMILES string of the molecule is FC(F)(F)CNC1=NCC2(CCCCC2)CS1. The molecule has 1 fully saturated rings. The average Bonchev–Trinajstić information content (AvgIpc) is 2.29. The first-order valence-electron chi connectivity index (χ1n) is 5.97. The maximum atomic E-state index is 12.0. The molecule has 1 N–H and O–H groups in total. The van der Waals surface area contributed by atoms with Crippen LogP contribution < -0.4 is 5.32 Å². The van der Waals surface area contributed by atoms with Gasteiger partial charge in [0.15, 0.2) is 5.17 Å². The van der Waals surface area contributed by atoms with E-state index in [1.165, 1.54) is 43.9 Å². The molecule has 17 heavy (non-hydrogen) atoms. The normalized spacial score (nSPS) is 24.5. The topological polar surface area (TPSA) is 24.4 Å². The van der Waals surface area contributed by atoms with Gasteiger partial charge in [-0.15, -0.1) is 0 Å². The summed E-state index contributed by atoms with van der Waals surface area (Å²) in [4.78, 5) is 4.28. The summed E-state index contributed by atoms with van der Waals surface area (Å²) in [5.74, 6) is 0.913. The van der Waals surface area contributed by atoms with Gasteiger partial charge in [0.1, 0.15) is 6.54 Å². The van der Waals surface area contributed by atoms with E-state index in [1.807, 2.05) is 0 Å². The van der Waals surface area contributed by atoms with Gasteiger partial charge < -0.3 is 5.32 Å². The molecule has 0 radical (unpaired) electrons. The van der Waals surface area contributed by atoms with E-state index >= 15 is 0 Å². The van der Waals surface area contributed by atoms with Gasteiger partial charge in [-0.25, -0.2) is 0 Å². The number of nitrogens with zero attached hydrogens (tertiary/aromatic N) is 1. The van der Waals surface area contributed by atoms with Crippen LogP contribution in [0.4, 0.5) is 13.2 Å². The summed E-state index contributed by atoms with van der Waals surface area (Å²) >= 11 is 1.45. The van der Waals surface area contributed by atoms with Crippen molar-refractivity contribution >= 4 is 16.9 Å². The van der Waals surface area contributed by atoms with E-state index in [9.17, 15) is 13.2 Å². The lowest BCUT2D eigenvalue weighted by Gasteiger charge is -2.38. The molecule has 1 spiro atoms. The molecule has 0 atom stereocenters. The molecule has 0 saturated heterocycles. The number of hydrogen-bond donors (Lipinski definition) is 1. The van der Waals surface area contributed by atoms with E-state index in [4.69, 9.17) is 0 Å². The van der Waals surface area contributed by atoms with E-state index in [0.29, 0.717) is 11.7 Å². The fraction of sp³-hybridized carbons (Fsp3) is 0.909. The van der Waals surface area contributed by atoms with Gasteiger partial charge in [-0.3, -0.25) is 4.99 Å². The predicted octanol–water partition coefficient (Wildman–Crippen LogP) is 3.19. The molecular formula is C11H17F3N2S. The van der Waals surface area contributed by atoms with Crippen molar-refractivity contribution in [3.63, 3.8) is 0 Å². The highest BCUT2D eigenvalue weighted by Gasteiger charge is 2.35. The predicted molar refractivity (Wildman–Crippen MR) is 64.3 cm³/mol. The smallest absolute Gasteiger partial charge is 0.356 e. The van der Waals surface area contributed by atoms with Gasteiger partial charge in [-0.1, -0.05) is 31.0 Å². The summed E-state index contributed by atoms with van der Waals surface area (Å²) in [6.07, 6.45) is 1.95. The van der Waals surface area contributed by atoms with Crippen LogP contribution in [-0.4, -0.2) is 30.2 Å². The second kappa shape index (κ2) is 5.08. The Morgan fingerprint density at radius 2 is 1.94 bits per heavy atom. The van der Waals surface area contributed by atoms with Crippen molar-refractivity contribution in [1.82, 2.24) is 5.32 Å². The van der Waals surface area contributed by atoms with Crippen molar-refractivity contribution in [2.24, 2.45) is 10.4 Å². The zero-order chi connectivity index (χ0) is 12.4. The quantitative estimate of drug-likeness (QED) is 0.788. The molecular weight excluding hydrogens is 249 g/mol. The van der Waals surface area contributed by atoms with Crippen LogP contribution >= 0.6 is 11.8 Å². The fourth-order valence-electron chi connectivity index (χ4n) is 2.44. The number of thioether (sulfide) groups is 1. The molecule has 0 amide bonds. The Balaban J connectivity index is 1.84. The van der Waals surface area contributed by atoms with Crippen molar-refractivity contribution < 1.29 is 13.2 Å². The third-order valence-electron chi connectivity index (χ3n) is 3.43. The lowest BCUT2D eigenvalue weighted by Crippen LogP contribution is -2.39. The molecule has 2 aliphatic rings. The first kappa shape index (κ1) is 13.1. The standard InChI is InChI=1S/C11H17F3N2S/c12-11(13,14)7-16-9-15-6-10(8-17-9)4-2-1-3-5-10/h1-8H2,(H,15,16). The molecule has 0 aromatic rings. The van der Waals surface area contributed by atoms with E-state index in [2.05, 4.69) is 10.3 Å². The molecule has 1 aliphatic heterocycles. The number of amidine groups is 1. The summed E-state index contributed by atoms with van der Waals surface area (Å²) in [6.45, 7) is -0.286. The Morgan fingerprint density at radius 3 is 2.47 bits per heavy atom. The van der Waals surface area contributed by atoms with Crippen molar-refractivity contribution in [2.75, 3.05) is 18.8 Å². The highest BCUT2D eigenvalue weighted by Crippen LogP contribution is 2.41. The molecule has 98 valence electrons. The van der Waals surface area contributed by atoms with E-state index in [-0.39, 0.29) is 5.41 Å². The summed E-state index contributed by atoms with van der Waals surface area (Å²) in [7, 11) is 0. The molecule has 2 nitrogen and oxygen atoms in total. The van der Waals surface area contributed by atoms with E-state index < -0.39 is 12.7 Å². The van der Waals surface area contributed by atoms with Crippen LogP contribution in [0, 0.1) is 5.41 Å². The summed E-state index contributed by atoms with van der Waals surface area (Å²) < 4.78 is 36.1. The third-order valence-corrected chi connectivity index (χ3v) is 4.73. The Labute approximate surface area is 103 Å².